The van der Waals surface area contributed by atoms with Crippen molar-refractivity contribution in [2.45, 2.75) is 43.7 Å². The summed E-state index contributed by atoms with van der Waals surface area (Å²) in [6.45, 7) is 1.48. The number of ether oxygens (including phenoxy) is 1. The maximum Gasteiger partial charge on any atom is 0.287 e. The van der Waals surface area contributed by atoms with E-state index in [1.807, 2.05) is 0 Å². The zero-order valence-corrected chi connectivity index (χ0v) is 13.3. The van der Waals surface area contributed by atoms with E-state index in [1.165, 1.54) is 12.3 Å². The average Bonchev–Trinajstić information content (AvgIpc) is 3.31. The molecule has 4 unspecified atom stereocenters. The minimum Gasteiger partial charge on any atom is -0.459 e. The van der Waals surface area contributed by atoms with Gasteiger partial charge in [-0.25, -0.2) is 0 Å². The smallest absolute Gasteiger partial charge is 0.287 e. The standard InChI is InChI=1S/C16H22N2O6/c19-13(18-5-1-2-6-18)8-11-14(20)15(21)12(24-11)9-17-16(22)10-4-3-7-23-10/h3-4,7,11-12,14-15,20-21H,1-2,5-6,8-9H2,(H,17,22). The van der Waals surface area contributed by atoms with E-state index < -0.39 is 30.3 Å². The summed E-state index contributed by atoms with van der Waals surface area (Å²) in [5, 5.41) is 22.7. The molecule has 132 valence electrons. The molecular weight excluding hydrogens is 316 g/mol. The second kappa shape index (κ2) is 7.33. The largest absolute Gasteiger partial charge is 0.459 e. The molecule has 2 aliphatic heterocycles. The Labute approximate surface area is 139 Å². The van der Waals surface area contributed by atoms with Crippen molar-refractivity contribution < 1.29 is 29.0 Å². The lowest BCUT2D eigenvalue weighted by molar-refractivity contribution is -0.134. The predicted molar refractivity (Wildman–Crippen MR) is 82.1 cm³/mol. The van der Waals surface area contributed by atoms with Crippen LogP contribution in [0, 0.1) is 0 Å². The van der Waals surface area contributed by atoms with Gasteiger partial charge in [-0.3, -0.25) is 9.59 Å². The molecule has 1 aromatic rings. The first-order chi connectivity index (χ1) is 11.6. The molecule has 2 saturated heterocycles. The van der Waals surface area contributed by atoms with Crippen molar-refractivity contribution in [1.82, 2.24) is 10.2 Å². The van der Waals surface area contributed by atoms with Gasteiger partial charge in [0.05, 0.1) is 18.8 Å². The average molecular weight is 338 g/mol. The van der Waals surface area contributed by atoms with Crippen LogP contribution in [0.15, 0.2) is 22.8 Å². The van der Waals surface area contributed by atoms with Crippen molar-refractivity contribution in [3.05, 3.63) is 24.2 Å². The fourth-order valence-electron chi connectivity index (χ4n) is 3.12. The third-order valence-electron chi connectivity index (χ3n) is 4.50. The summed E-state index contributed by atoms with van der Waals surface area (Å²) >= 11 is 0. The Kier molecular flexibility index (Phi) is 5.17. The van der Waals surface area contributed by atoms with E-state index in [4.69, 9.17) is 9.15 Å². The summed E-state index contributed by atoms with van der Waals surface area (Å²) in [5.41, 5.74) is 0. The van der Waals surface area contributed by atoms with Crippen molar-refractivity contribution >= 4 is 11.8 Å². The number of aliphatic hydroxyl groups excluding tert-OH is 2. The number of hydrogen-bond acceptors (Lipinski definition) is 6. The van der Waals surface area contributed by atoms with Crippen LogP contribution in [0.2, 0.25) is 0 Å². The highest BCUT2D eigenvalue weighted by molar-refractivity contribution is 5.91. The highest BCUT2D eigenvalue weighted by Crippen LogP contribution is 2.24. The van der Waals surface area contributed by atoms with E-state index in [1.54, 1.807) is 11.0 Å². The Hall–Kier alpha value is -1.90. The van der Waals surface area contributed by atoms with Gasteiger partial charge < -0.3 is 29.6 Å². The molecule has 2 aliphatic rings. The molecule has 3 rings (SSSR count). The summed E-state index contributed by atoms with van der Waals surface area (Å²) in [4.78, 5) is 25.7. The van der Waals surface area contributed by atoms with Gasteiger partial charge in [-0.1, -0.05) is 0 Å². The third kappa shape index (κ3) is 3.61. The summed E-state index contributed by atoms with van der Waals surface area (Å²) in [7, 11) is 0. The van der Waals surface area contributed by atoms with Crippen LogP contribution in [0.5, 0.6) is 0 Å². The van der Waals surface area contributed by atoms with Crippen molar-refractivity contribution in [3.63, 3.8) is 0 Å². The molecule has 4 atom stereocenters. The van der Waals surface area contributed by atoms with Crippen LogP contribution >= 0.6 is 0 Å². The Bertz CT molecular complexity index is 569. The molecule has 0 spiro atoms. The third-order valence-corrected chi connectivity index (χ3v) is 4.50. The van der Waals surface area contributed by atoms with Crippen LogP contribution < -0.4 is 5.32 Å². The first-order valence-electron chi connectivity index (χ1n) is 8.17. The zero-order valence-electron chi connectivity index (χ0n) is 13.3. The fraction of sp³-hybridized carbons (Fsp3) is 0.625. The lowest BCUT2D eigenvalue weighted by atomic mass is 10.1. The molecule has 3 N–H and O–H groups in total. The molecule has 24 heavy (non-hydrogen) atoms. The number of nitrogens with one attached hydrogen (secondary N) is 1. The number of furan rings is 1. The predicted octanol–water partition coefficient (Wildman–Crippen LogP) is -0.489. The quantitative estimate of drug-likeness (QED) is 0.668. The number of rotatable bonds is 5. The van der Waals surface area contributed by atoms with Crippen LogP contribution in [-0.2, 0) is 9.53 Å². The molecule has 1 aromatic heterocycles. The highest BCUT2D eigenvalue weighted by Gasteiger charge is 2.44. The van der Waals surface area contributed by atoms with Gasteiger partial charge in [0.2, 0.25) is 5.91 Å². The van der Waals surface area contributed by atoms with E-state index in [9.17, 15) is 19.8 Å². The lowest BCUT2D eigenvalue weighted by Crippen LogP contribution is -2.40. The van der Waals surface area contributed by atoms with E-state index >= 15 is 0 Å². The van der Waals surface area contributed by atoms with Gasteiger partial charge >= 0.3 is 0 Å². The molecule has 0 bridgehead atoms. The lowest BCUT2D eigenvalue weighted by Gasteiger charge is -2.19. The first-order valence-corrected chi connectivity index (χ1v) is 8.17. The van der Waals surface area contributed by atoms with Gasteiger partial charge in [0.25, 0.3) is 5.91 Å². The summed E-state index contributed by atoms with van der Waals surface area (Å²) in [5.74, 6) is -0.352. The van der Waals surface area contributed by atoms with Gasteiger partial charge in [0.15, 0.2) is 5.76 Å². The van der Waals surface area contributed by atoms with Crippen LogP contribution in [0.25, 0.3) is 0 Å². The molecule has 2 fully saturated rings. The van der Waals surface area contributed by atoms with Crippen LogP contribution in [0.3, 0.4) is 0 Å². The van der Waals surface area contributed by atoms with E-state index in [0.717, 1.165) is 25.9 Å². The maximum atomic E-state index is 12.2. The number of likely N-dealkylation sites (tertiary alicyclic amines) is 1. The van der Waals surface area contributed by atoms with Gasteiger partial charge in [-0.15, -0.1) is 0 Å². The number of carbonyl (C=O) groups is 2. The Morgan fingerprint density at radius 2 is 1.92 bits per heavy atom. The van der Waals surface area contributed by atoms with E-state index in [0.29, 0.717) is 0 Å². The molecule has 0 saturated carbocycles. The van der Waals surface area contributed by atoms with Crippen molar-refractivity contribution in [2.75, 3.05) is 19.6 Å². The van der Waals surface area contributed by atoms with Crippen LogP contribution in [0.1, 0.15) is 29.8 Å². The first kappa shape index (κ1) is 16.9. The van der Waals surface area contributed by atoms with Gasteiger partial charge in [0.1, 0.15) is 18.3 Å². The van der Waals surface area contributed by atoms with Gasteiger partial charge in [0, 0.05) is 19.6 Å². The summed E-state index contributed by atoms with van der Waals surface area (Å²) < 4.78 is 10.6. The van der Waals surface area contributed by atoms with Crippen LogP contribution in [0.4, 0.5) is 0 Å². The van der Waals surface area contributed by atoms with Gasteiger partial charge in [-0.2, -0.15) is 0 Å². The van der Waals surface area contributed by atoms with Gasteiger partial charge in [-0.05, 0) is 25.0 Å². The molecule has 0 aliphatic carbocycles. The number of carbonyl (C=O) groups excluding carboxylic acids is 2. The number of nitrogens with zero attached hydrogens (tertiary/aromatic N) is 1. The fourth-order valence-corrected chi connectivity index (χ4v) is 3.12. The van der Waals surface area contributed by atoms with Crippen molar-refractivity contribution in [2.24, 2.45) is 0 Å². The molecule has 3 heterocycles. The molecule has 2 amide bonds. The molecule has 8 heteroatoms. The minimum atomic E-state index is -1.15. The van der Waals surface area contributed by atoms with E-state index in [2.05, 4.69) is 5.32 Å². The molecular formula is C16H22N2O6. The van der Waals surface area contributed by atoms with Crippen LogP contribution in [-0.4, -0.2) is 71.0 Å². The SMILES string of the molecule is O=C(NCC1OC(CC(=O)N2CCCC2)C(O)C1O)c1ccco1. The second-order valence-corrected chi connectivity index (χ2v) is 6.17. The van der Waals surface area contributed by atoms with Crippen molar-refractivity contribution in [3.8, 4) is 0 Å². The number of aliphatic hydroxyl groups is 2. The zero-order chi connectivity index (χ0) is 17.1. The summed E-state index contributed by atoms with van der Waals surface area (Å²) in [6.07, 6.45) is -0.442. The molecule has 8 nitrogen and oxygen atoms in total. The number of amides is 2. The highest BCUT2D eigenvalue weighted by atomic mass is 16.5. The molecule has 0 aromatic carbocycles. The Morgan fingerprint density at radius 3 is 2.58 bits per heavy atom. The number of hydrogen-bond donors (Lipinski definition) is 3. The minimum absolute atomic E-state index is 0.0200. The molecule has 0 radical (unpaired) electrons. The Balaban J connectivity index is 1.50. The monoisotopic (exact) mass is 338 g/mol. The maximum absolute atomic E-state index is 12.2. The summed E-state index contributed by atoms with van der Waals surface area (Å²) in [6, 6.07) is 3.12. The Morgan fingerprint density at radius 1 is 1.21 bits per heavy atom. The normalized spacial score (nSPS) is 29.8. The second-order valence-electron chi connectivity index (χ2n) is 6.17. The topological polar surface area (TPSA) is 112 Å². The van der Waals surface area contributed by atoms with E-state index in [-0.39, 0.29) is 24.6 Å². The van der Waals surface area contributed by atoms with Crippen molar-refractivity contribution in [1.29, 1.82) is 0 Å².